The van der Waals surface area contributed by atoms with Crippen molar-refractivity contribution < 1.29 is 27.5 Å². The quantitative estimate of drug-likeness (QED) is 0.132. The maximum absolute atomic E-state index is 13.8. The molecular formula is C43H62N8O6S2. The summed E-state index contributed by atoms with van der Waals surface area (Å²) in [6.07, 6.45) is 4.83. The van der Waals surface area contributed by atoms with Crippen molar-refractivity contribution in [1.29, 1.82) is 0 Å². The van der Waals surface area contributed by atoms with E-state index in [4.69, 9.17) is 25.5 Å². The van der Waals surface area contributed by atoms with Gasteiger partial charge in [0.2, 0.25) is 0 Å². The molecule has 14 nitrogen and oxygen atoms in total. The average Bonchev–Trinajstić information content (AvgIpc) is 3.91. The monoisotopic (exact) mass is 850 g/mol. The maximum Gasteiger partial charge on any atom is 0.259 e. The van der Waals surface area contributed by atoms with Crippen LogP contribution in [0.15, 0.2) is 54.2 Å². The van der Waals surface area contributed by atoms with Crippen molar-refractivity contribution in [3.8, 4) is 0 Å². The Morgan fingerprint density at radius 3 is 1.90 bits per heavy atom. The number of allylic oxidation sites excluding steroid dienone is 1. The zero-order chi connectivity index (χ0) is 43.6. The van der Waals surface area contributed by atoms with Gasteiger partial charge in [0.1, 0.15) is 5.03 Å². The van der Waals surface area contributed by atoms with Crippen molar-refractivity contribution in [2.24, 2.45) is 29.7 Å². The number of nitrogens with zero attached hydrogens (tertiary/aromatic N) is 5. The van der Waals surface area contributed by atoms with E-state index in [0.29, 0.717) is 32.8 Å². The number of fused-ring (bicyclic) bond motifs is 2. The van der Waals surface area contributed by atoms with Gasteiger partial charge in [-0.05, 0) is 126 Å². The van der Waals surface area contributed by atoms with Gasteiger partial charge in [-0.3, -0.25) is 19.3 Å². The molecule has 16 heteroatoms. The van der Waals surface area contributed by atoms with Crippen LogP contribution < -0.4 is 16.0 Å². The number of carbonyl (C=O) groups excluding carboxylic acids is 2. The van der Waals surface area contributed by atoms with E-state index in [-0.39, 0.29) is 58.7 Å². The van der Waals surface area contributed by atoms with E-state index >= 15 is 0 Å². The van der Waals surface area contributed by atoms with Crippen molar-refractivity contribution in [3.05, 3.63) is 91.1 Å². The molecule has 0 bridgehead atoms. The van der Waals surface area contributed by atoms with Crippen LogP contribution in [-0.4, -0.2) is 42.3 Å². The lowest BCUT2D eigenvalue weighted by Gasteiger charge is -2.28. The summed E-state index contributed by atoms with van der Waals surface area (Å²) >= 11 is 0. The SMILES string of the molecule is CC(C)N=C/C=C(\N)S(N)(=O)=NC(=O)Cc1c(C(C)C)cc2c(c1C(C)CC(C)c1cc3c(c(C(C)C)c1CC(=O)N=S(N)(=O)c1ccn(C(C)C)n1)COC3)COC2. The Morgan fingerprint density at radius 2 is 1.36 bits per heavy atom. The number of rotatable bonds is 15. The largest absolute Gasteiger partial charge is 0.390 e. The van der Waals surface area contributed by atoms with E-state index in [0.717, 1.165) is 55.6 Å². The predicted octanol–water partition coefficient (Wildman–Crippen LogP) is 7.23. The Kier molecular flexibility index (Phi) is 14.6. The summed E-state index contributed by atoms with van der Waals surface area (Å²) in [6, 6.07) is 5.80. The van der Waals surface area contributed by atoms with Crippen LogP contribution in [0.1, 0.15) is 161 Å². The summed E-state index contributed by atoms with van der Waals surface area (Å²) in [5.74, 6) is -1.32. The summed E-state index contributed by atoms with van der Waals surface area (Å²) in [5, 5.41) is 16.4. The second kappa shape index (κ2) is 18.7. The molecule has 2 aliphatic heterocycles. The second-order valence-corrected chi connectivity index (χ2v) is 20.5. The van der Waals surface area contributed by atoms with E-state index in [9.17, 15) is 18.0 Å². The first-order chi connectivity index (χ1) is 27.6. The molecule has 322 valence electrons. The van der Waals surface area contributed by atoms with Crippen LogP contribution >= 0.6 is 0 Å². The van der Waals surface area contributed by atoms with Crippen molar-refractivity contribution in [3.63, 3.8) is 0 Å². The summed E-state index contributed by atoms with van der Waals surface area (Å²) in [7, 11) is -7.30. The Morgan fingerprint density at radius 1 is 0.797 bits per heavy atom. The number of carbonyl (C=O) groups is 2. The number of benzene rings is 2. The summed E-state index contributed by atoms with van der Waals surface area (Å²) in [4.78, 5) is 31.8. The highest BCUT2D eigenvalue weighted by molar-refractivity contribution is 7.95. The van der Waals surface area contributed by atoms with E-state index in [1.165, 1.54) is 18.4 Å². The summed E-state index contributed by atoms with van der Waals surface area (Å²) in [5.41, 5.74) is 15.9. The molecule has 0 saturated carbocycles. The molecule has 0 fully saturated rings. The van der Waals surface area contributed by atoms with Gasteiger partial charge in [0.15, 0.2) is 24.9 Å². The zero-order valence-corrected chi connectivity index (χ0v) is 37.7. The molecule has 0 spiro atoms. The minimum atomic E-state index is -3.70. The molecule has 2 aliphatic rings. The minimum absolute atomic E-state index is 0.00538. The molecule has 2 amide bonds. The molecule has 59 heavy (non-hydrogen) atoms. The van der Waals surface area contributed by atoms with Gasteiger partial charge in [0.05, 0.1) is 39.3 Å². The highest BCUT2D eigenvalue weighted by Gasteiger charge is 2.31. The van der Waals surface area contributed by atoms with Crippen LogP contribution in [0.5, 0.6) is 0 Å². The van der Waals surface area contributed by atoms with Crippen LogP contribution in [0.3, 0.4) is 0 Å². The minimum Gasteiger partial charge on any atom is -0.390 e. The van der Waals surface area contributed by atoms with Gasteiger partial charge in [-0.2, -0.15) is 5.10 Å². The van der Waals surface area contributed by atoms with Gasteiger partial charge in [0.25, 0.3) is 11.8 Å². The molecule has 0 radical (unpaired) electrons. The van der Waals surface area contributed by atoms with Gasteiger partial charge in [0, 0.05) is 24.5 Å². The van der Waals surface area contributed by atoms with E-state index in [1.54, 1.807) is 10.9 Å². The molecule has 4 unspecified atom stereocenters. The Balaban J connectivity index is 1.56. The zero-order valence-electron chi connectivity index (χ0n) is 36.1. The van der Waals surface area contributed by atoms with Crippen molar-refractivity contribution in [1.82, 2.24) is 9.78 Å². The normalized spacial score (nSPS) is 17.4. The fraction of sp³-hybridized carbons (Fsp3) is 0.535. The first-order valence-electron chi connectivity index (χ1n) is 20.3. The fourth-order valence-corrected chi connectivity index (χ4v) is 9.86. The van der Waals surface area contributed by atoms with Crippen LogP contribution in [0, 0.1) is 0 Å². The number of ether oxygens (including phenoxy) is 2. The molecule has 0 aliphatic carbocycles. The lowest BCUT2D eigenvalue weighted by Crippen LogP contribution is -2.23. The van der Waals surface area contributed by atoms with Crippen LogP contribution in [0.2, 0.25) is 0 Å². The fourth-order valence-electron chi connectivity index (χ4n) is 8.21. The second-order valence-electron chi connectivity index (χ2n) is 17.0. The summed E-state index contributed by atoms with van der Waals surface area (Å²) < 4.78 is 48.6. The predicted molar refractivity (Wildman–Crippen MR) is 233 cm³/mol. The van der Waals surface area contributed by atoms with E-state index < -0.39 is 31.6 Å². The molecule has 2 aromatic carbocycles. The first kappa shape index (κ1) is 46.0. The van der Waals surface area contributed by atoms with Crippen molar-refractivity contribution in [2.75, 3.05) is 0 Å². The maximum atomic E-state index is 13.8. The number of hydrogen-bond acceptors (Lipinski definition) is 9. The standard InChI is InChI=1S/C43H62N8O6S2/c1-24(2)32-16-30-20-57-23-37(30)43(34(32)18-39(52)49-58(45,54)38(44)11-13-47-26(5)6)29(10)15-28(9)33-17-31-21-56-22-36(31)42(25(3)4)35(33)19-40(53)50-59(46,55)41-12-14-51(48-41)27(7)8/h11-14,16-17,24-29H,15,18-23,44H2,1-10H3,(H2,45,49,52,54)(H2,46,50,53,55)/b38-11+,47-13?. The van der Waals surface area contributed by atoms with Crippen LogP contribution in [-0.2, 0) is 78.2 Å². The number of aromatic nitrogens is 2. The third kappa shape index (κ3) is 10.6. The van der Waals surface area contributed by atoms with Gasteiger partial charge < -0.3 is 15.2 Å². The topological polar surface area (TPSA) is 220 Å². The number of nitrogens with two attached hydrogens (primary N) is 3. The lowest BCUT2D eigenvalue weighted by atomic mass is 9.76. The number of amides is 2. The highest BCUT2D eigenvalue weighted by atomic mass is 32.2. The molecular weight excluding hydrogens is 789 g/mol. The van der Waals surface area contributed by atoms with Crippen LogP contribution in [0.25, 0.3) is 0 Å². The molecule has 3 aromatic rings. The Labute approximate surface area is 350 Å². The Hall–Kier alpha value is -4.06. The van der Waals surface area contributed by atoms with Gasteiger partial charge >= 0.3 is 0 Å². The molecule has 1 aromatic heterocycles. The van der Waals surface area contributed by atoms with E-state index in [1.807, 2.05) is 27.7 Å². The van der Waals surface area contributed by atoms with E-state index in [2.05, 4.69) is 72.5 Å². The third-order valence-corrected chi connectivity index (χ3v) is 13.5. The number of aliphatic imine (C=N–C) groups is 1. The van der Waals surface area contributed by atoms with Gasteiger partial charge in [-0.1, -0.05) is 53.7 Å². The van der Waals surface area contributed by atoms with Gasteiger partial charge in [-0.15, -0.1) is 8.73 Å². The van der Waals surface area contributed by atoms with Gasteiger partial charge in [-0.25, -0.2) is 18.7 Å². The molecule has 0 saturated heterocycles. The molecule has 3 heterocycles. The summed E-state index contributed by atoms with van der Waals surface area (Å²) in [6.45, 7) is 22.0. The Bertz CT molecular complexity index is 2410. The molecule has 5 rings (SSSR count). The lowest BCUT2D eigenvalue weighted by molar-refractivity contribution is -0.117. The van der Waals surface area contributed by atoms with Crippen molar-refractivity contribution >= 4 is 37.9 Å². The first-order valence-corrected chi connectivity index (χ1v) is 23.5. The van der Waals surface area contributed by atoms with Crippen LogP contribution in [0.4, 0.5) is 0 Å². The smallest absolute Gasteiger partial charge is 0.259 e. The highest BCUT2D eigenvalue weighted by Crippen LogP contribution is 2.43. The van der Waals surface area contributed by atoms with Crippen molar-refractivity contribution in [2.45, 2.75) is 156 Å². The molecule has 6 N–H and O–H groups in total. The number of hydrogen-bond donors (Lipinski definition) is 3. The molecule has 4 atom stereocenters. The average molecular weight is 851 g/mol. The third-order valence-electron chi connectivity index (χ3n) is 10.9.